The lowest BCUT2D eigenvalue weighted by molar-refractivity contribution is -0.132. The van der Waals surface area contributed by atoms with Gasteiger partial charge in [0.1, 0.15) is 53.4 Å². The molecule has 6 bridgehead atoms. The van der Waals surface area contributed by atoms with Crippen LogP contribution in [0.2, 0.25) is 0 Å². The topological polar surface area (TPSA) is 161 Å². The van der Waals surface area contributed by atoms with E-state index in [1.165, 1.54) is 0 Å². The summed E-state index contributed by atoms with van der Waals surface area (Å²) in [6, 6.07) is 0. The number of aliphatic hydroxyl groups is 3. The van der Waals surface area contributed by atoms with Crippen LogP contribution in [0.15, 0.2) is 0 Å². The molecule has 6 saturated heterocycles. The van der Waals surface area contributed by atoms with Crippen molar-refractivity contribution < 1.29 is 61.9 Å². The Morgan fingerprint density at radius 1 is 0.656 bits per heavy atom. The summed E-state index contributed by atoms with van der Waals surface area (Å²) in [5.41, 5.74) is -3.58. The molecule has 9 unspecified atom stereocenters. The molecule has 6 fully saturated rings. The van der Waals surface area contributed by atoms with Crippen molar-refractivity contribution in [2.45, 2.75) is 53.4 Å². The zero-order chi connectivity index (χ0) is 22.2. The summed E-state index contributed by atoms with van der Waals surface area (Å²) in [5, 5.41) is 29.8. The van der Waals surface area contributed by atoms with Gasteiger partial charge in [-0.25, -0.2) is 4.57 Å². The molecular formula is C18H27O13P. The summed E-state index contributed by atoms with van der Waals surface area (Å²) >= 11 is 0. The van der Waals surface area contributed by atoms with Crippen molar-refractivity contribution in [3.8, 4) is 0 Å². The SMILES string of the molecule is O=P(OC1C2COC1(CO)CO2)(OC1C2COC1(CO)CO2)OC1C2COC1(CO)CO2. The third kappa shape index (κ3) is 3.05. The second-order valence-corrected chi connectivity index (χ2v) is 10.7. The lowest BCUT2D eigenvalue weighted by atomic mass is 10.0. The van der Waals surface area contributed by atoms with Gasteiger partial charge in [-0.15, -0.1) is 0 Å². The van der Waals surface area contributed by atoms with E-state index < -0.39 is 81.1 Å². The molecule has 0 amide bonds. The highest BCUT2D eigenvalue weighted by Crippen LogP contribution is 2.61. The Hall–Kier alpha value is -0.250. The summed E-state index contributed by atoms with van der Waals surface area (Å²) in [6.07, 6.45) is -4.47. The highest BCUT2D eigenvalue weighted by atomic mass is 31.2. The Kier molecular flexibility index (Phi) is 5.30. The smallest absolute Gasteiger partial charge is 0.393 e. The van der Waals surface area contributed by atoms with Crippen LogP contribution in [0.25, 0.3) is 0 Å². The Morgan fingerprint density at radius 2 is 0.969 bits per heavy atom. The molecule has 0 aromatic carbocycles. The third-order valence-electron chi connectivity index (χ3n) is 7.33. The number of ether oxygens (including phenoxy) is 6. The average molecular weight is 482 g/mol. The van der Waals surface area contributed by atoms with Crippen LogP contribution in [0.5, 0.6) is 0 Å². The highest BCUT2D eigenvalue weighted by Gasteiger charge is 2.66. The van der Waals surface area contributed by atoms with Gasteiger partial charge in [-0.05, 0) is 0 Å². The number of rotatable bonds is 9. The molecule has 13 nitrogen and oxygen atoms in total. The molecule has 0 radical (unpaired) electrons. The van der Waals surface area contributed by atoms with Crippen LogP contribution in [0, 0.1) is 0 Å². The maximum atomic E-state index is 14.2. The molecule has 6 heterocycles. The maximum absolute atomic E-state index is 14.2. The normalized spacial score (nSPS) is 52.8. The first kappa shape index (κ1) is 22.2. The molecule has 0 spiro atoms. The van der Waals surface area contributed by atoms with Crippen molar-refractivity contribution in [2.75, 3.05) is 59.5 Å². The van der Waals surface area contributed by atoms with Gasteiger partial charge in [0.2, 0.25) is 0 Å². The van der Waals surface area contributed by atoms with Crippen molar-refractivity contribution >= 4 is 7.82 Å². The van der Waals surface area contributed by atoms with Crippen LogP contribution in [-0.4, -0.2) is 128 Å². The van der Waals surface area contributed by atoms with E-state index in [4.69, 9.17) is 42.0 Å². The minimum atomic E-state index is -4.45. The molecule has 6 aliphatic rings. The molecule has 32 heavy (non-hydrogen) atoms. The zero-order valence-corrected chi connectivity index (χ0v) is 18.1. The van der Waals surface area contributed by atoms with E-state index in [2.05, 4.69) is 0 Å². The summed E-state index contributed by atoms with van der Waals surface area (Å²) in [6.45, 7) is -0.567. The summed E-state index contributed by atoms with van der Waals surface area (Å²) in [4.78, 5) is 0. The number of hydrogen-bond donors (Lipinski definition) is 3. The quantitative estimate of drug-likeness (QED) is 0.302. The minimum absolute atomic E-state index is 0.0660. The van der Waals surface area contributed by atoms with Gasteiger partial charge in [-0.3, -0.25) is 13.6 Å². The summed E-state index contributed by atoms with van der Waals surface area (Å²) < 4.78 is 65.9. The van der Waals surface area contributed by atoms with Gasteiger partial charge in [0.05, 0.1) is 59.5 Å². The van der Waals surface area contributed by atoms with Crippen molar-refractivity contribution in [3.63, 3.8) is 0 Å². The largest absolute Gasteiger partial charge is 0.476 e. The fourth-order valence-corrected chi connectivity index (χ4v) is 7.29. The molecule has 0 aliphatic carbocycles. The molecule has 6 aliphatic heterocycles. The van der Waals surface area contributed by atoms with Gasteiger partial charge < -0.3 is 43.7 Å². The third-order valence-corrected chi connectivity index (χ3v) is 8.79. The van der Waals surface area contributed by atoms with Crippen molar-refractivity contribution in [2.24, 2.45) is 0 Å². The monoisotopic (exact) mass is 482 g/mol. The molecule has 0 aromatic rings. The summed E-state index contributed by atoms with van der Waals surface area (Å²) in [7, 11) is -4.45. The first-order valence-corrected chi connectivity index (χ1v) is 12.1. The van der Waals surface area contributed by atoms with Crippen molar-refractivity contribution in [1.82, 2.24) is 0 Å². The van der Waals surface area contributed by atoms with E-state index in [0.29, 0.717) is 0 Å². The van der Waals surface area contributed by atoms with Crippen LogP contribution in [0.4, 0.5) is 0 Å². The molecule has 9 atom stereocenters. The fraction of sp³-hybridized carbons (Fsp3) is 1.00. The van der Waals surface area contributed by atoms with Crippen LogP contribution in [-0.2, 0) is 46.6 Å². The lowest BCUT2D eigenvalue weighted by Crippen LogP contribution is -2.48. The summed E-state index contributed by atoms with van der Waals surface area (Å²) in [5.74, 6) is 0. The first-order chi connectivity index (χ1) is 15.4. The molecular weight excluding hydrogens is 455 g/mol. The first-order valence-electron chi connectivity index (χ1n) is 10.6. The Balaban J connectivity index is 1.30. The van der Waals surface area contributed by atoms with Crippen LogP contribution in [0.1, 0.15) is 0 Å². The lowest BCUT2D eigenvalue weighted by Gasteiger charge is -2.34. The molecule has 0 saturated carbocycles. The second-order valence-electron chi connectivity index (χ2n) is 9.18. The maximum Gasteiger partial charge on any atom is 0.476 e. The molecule has 14 heteroatoms. The van der Waals surface area contributed by atoms with E-state index in [0.717, 1.165) is 0 Å². The Labute approximate surface area is 183 Å². The second kappa shape index (κ2) is 7.62. The number of phosphoric acid groups is 1. The number of aliphatic hydroxyl groups excluding tert-OH is 3. The predicted molar refractivity (Wildman–Crippen MR) is 98.8 cm³/mol. The predicted octanol–water partition coefficient (Wildman–Crippen LogP) is -2.27. The molecule has 6 rings (SSSR count). The van der Waals surface area contributed by atoms with Crippen LogP contribution in [0.3, 0.4) is 0 Å². The van der Waals surface area contributed by atoms with Gasteiger partial charge in [0.15, 0.2) is 0 Å². The Bertz CT molecular complexity index is 669. The van der Waals surface area contributed by atoms with E-state index in [-0.39, 0.29) is 39.6 Å². The van der Waals surface area contributed by atoms with E-state index in [1.807, 2.05) is 0 Å². The molecule has 0 aromatic heterocycles. The van der Waals surface area contributed by atoms with E-state index >= 15 is 0 Å². The average Bonchev–Trinajstić information content (AvgIpc) is 3.66. The van der Waals surface area contributed by atoms with Crippen molar-refractivity contribution in [1.29, 1.82) is 0 Å². The van der Waals surface area contributed by atoms with Crippen LogP contribution >= 0.6 is 7.82 Å². The van der Waals surface area contributed by atoms with Gasteiger partial charge in [-0.2, -0.15) is 0 Å². The van der Waals surface area contributed by atoms with Gasteiger partial charge in [0, 0.05) is 0 Å². The minimum Gasteiger partial charge on any atom is -0.393 e. The van der Waals surface area contributed by atoms with E-state index in [9.17, 15) is 19.9 Å². The number of hydrogen-bond acceptors (Lipinski definition) is 13. The standard InChI is InChI=1S/C18H27O13P/c19-4-16-7-23-10(1-26-16)13(16)29-32(22,30-14-11-2-27-17(14,5-20)8-24-11)31-15-12-3-28-18(15,6-21)9-25-12/h10-15,19-21H,1-9H2. The highest BCUT2D eigenvalue weighted by molar-refractivity contribution is 7.48. The fourth-order valence-electron chi connectivity index (χ4n) is 5.32. The van der Waals surface area contributed by atoms with Crippen LogP contribution < -0.4 is 0 Å². The van der Waals surface area contributed by atoms with E-state index in [1.54, 1.807) is 0 Å². The van der Waals surface area contributed by atoms with Gasteiger partial charge in [0.25, 0.3) is 0 Å². The van der Waals surface area contributed by atoms with Crippen molar-refractivity contribution in [3.05, 3.63) is 0 Å². The molecule has 3 N–H and O–H groups in total. The molecule has 182 valence electrons. The van der Waals surface area contributed by atoms with Gasteiger partial charge in [-0.1, -0.05) is 0 Å². The van der Waals surface area contributed by atoms with Gasteiger partial charge >= 0.3 is 7.82 Å². The Morgan fingerprint density at radius 3 is 1.19 bits per heavy atom. The number of fused-ring (bicyclic) bond motifs is 6. The zero-order valence-electron chi connectivity index (χ0n) is 17.2. The number of phosphoric ester groups is 1.